The molecule has 0 bridgehead atoms. The van der Waals surface area contributed by atoms with Crippen molar-refractivity contribution < 1.29 is 4.79 Å². The first-order valence-electron chi connectivity index (χ1n) is 6.51. The van der Waals surface area contributed by atoms with Crippen molar-refractivity contribution in [2.45, 2.75) is 19.3 Å². The molecule has 2 aromatic carbocycles. The lowest BCUT2D eigenvalue weighted by Crippen LogP contribution is -2.13. The van der Waals surface area contributed by atoms with E-state index in [1.54, 1.807) is 0 Å². The van der Waals surface area contributed by atoms with Gasteiger partial charge in [0, 0.05) is 17.4 Å². The lowest BCUT2D eigenvalue weighted by molar-refractivity contribution is 0.0926. The zero-order valence-electron chi connectivity index (χ0n) is 10.5. The van der Waals surface area contributed by atoms with Gasteiger partial charge in [-0.3, -0.25) is 4.79 Å². The summed E-state index contributed by atoms with van der Waals surface area (Å²) in [7, 11) is 0. The van der Waals surface area contributed by atoms with E-state index in [4.69, 9.17) is 0 Å². The molecule has 0 radical (unpaired) electrons. The quantitative estimate of drug-likeness (QED) is 0.769. The van der Waals surface area contributed by atoms with E-state index in [2.05, 4.69) is 25.1 Å². The highest BCUT2D eigenvalue weighted by molar-refractivity contribution is 6.03. The van der Waals surface area contributed by atoms with Crippen LogP contribution in [0.15, 0.2) is 54.6 Å². The van der Waals surface area contributed by atoms with Crippen LogP contribution in [0.3, 0.4) is 0 Å². The van der Waals surface area contributed by atoms with Crippen LogP contribution in [-0.2, 0) is 0 Å². The largest absolute Gasteiger partial charge is 0.294 e. The molecular weight excluding hydrogens is 220 g/mol. The maximum Gasteiger partial charge on any atom is 0.167 e. The maximum atomic E-state index is 12.4. The molecule has 0 fully saturated rings. The lowest BCUT2D eigenvalue weighted by Gasteiger charge is -2.18. The Morgan fingerprint density at radius 1 is 0.944 bits per heavy atom. The van der Waals surface area contributed by atoms with Crippen molar-refractivity contribution in [1.82, 2.24) is 0 Å². The molecule has 1 heteroatoms. The van der Waals surface area contributed by atoms with Crippen LogP contribution in [0.4, 0.5) is 0 Å². The molecule has 90 valence electrons. The van der Waals surface area contributed by atoms with Gasteiger partial charge in [0.1, 0.15) is 0 Å². The second-order valence-corrected chi connectivity index (χ2v) is 4.85. The molecule has 2 unspecified atom stereocenters. The lowest BCUT2D eigenvalue weighted by atomic mass is 9.84. The van der Waals surface area contributed by atoms with E-state index < -0.39 is 0 Å². The Bertz CT molecular complexity index is 571. The van der Waals surface area contributed by atoms with Crippen LogP contribution < -0.4 is 0 Å². The van der Waals surface area contributed by atoms with Crippen molar-refractivity contribution >= 4 is 5.78 Å². The van der Waals surface area contributed by atoms with E-state index in [-0.39, 0.29) is 11.8 Å². The van der Waals surface area contributed by atoms with Gasteiger partial charge in [-0.15, -0.1) is 0 Å². The molecule has 2 atom stereocenters. The number of hydrogen-bond donors (Lipinski definition) is 0. The third kappa shape index (κ3) is 1.59. The summed E-state index contributed by atoms with van der Waals surface area (Å²) in [5.74, 6) is 0.645. The van der Waals surface area contributed by atoms with Crippen molar-refractivity contribution in [3.05, 3.63) is 71.3 Å². The van der Waals surface area contributed by atoms with Crippen molar-refractivity contribution in [2.75, 3.05) is 0 Å². The average molecular weight is 236 g/mol. The summed E-state index contributed by atoms with van der Waals surface area (Å²) in [5, 5.41) is 0. The molecule has 0 heterocycles. The molecule has 1 aliphatic carbocycles. The number of Topliss-reactive ketones (excluding diaryl/α,β-unsaturated/α-hetero) is 1. The van der Waals surface area contributed by atoms with Crippen LogP contribution in [0.1, 0.15) is 40.7 Å². The Morgan fingerprint density at radius 2 is 1.61 bits per heavy atom. The zero-order chi connectivity index (χ0) is 12.5. The van der Waals surface area contributed by atoms with E-state index in [1.807, 2.05) is 36.4 Å². The molecule has 1 aliphatic rings. The van der Waals surface area contributed by atoms with Gasteiger partial charge in [-0.1, -0.05) is 61.5 Å². The van der Waals surface area contributed by atoms with Gasteiger partial charge in [-0.2, -0.15) is 0 Å². The Kier molecular flexibility index (Phi) is 2.75. The normalized spacial score (nSPS) is 21.9. The minimum absolute atomic E-state index is 0.102. The van der Waals surface area contributed by atoms with Crippen LogP contribution in [0.25, 0.3) is 0 Å². The van der Waals surface area contributed by atoms with Gasteiger partial charge < -0.3 is 0 Å². The summed E-state index contributed by atoms with van der Waals surface area (Å²) in [6.45, 7) is 2.10. The number of carbonyl (C=O) groups is 1. The second-order valence-electron chi connectivity index (χ2n) is 4.85. The standard InChI is InChI=1S/C17H16O/c1-2-13-16(12-8-4-3-5-9-12)14-10-6-7-11-15(14)17(13)18/h3-11,13,16H,2H2,1H3. The fraction of sp³-hybridized carbons (Fsp3) is 0.235. The first-order valence-corrected chi connectivity index (χ1v) is 6.51. The first-order chi connectivity index (χ1) is 8.83. The summed E-state index contributed by atoms with van der Waals surface area (Å²) in [4.78, 5) is 12.4. The van der Waals surface area contributed by atoms with E-state index in [9.17, 15) is 4.79 Å². The summed E-state index contributed by atoms with van der Waals surface area (Å²) in [5.41, 5.74) is 3.36. The van der Waals surface area contributed by atoms with Crippen LogP contribution in [-0.4, -0.2) is 5.78 Å². The Hall–Kier alpha value is -1.89. The number of rotatable bonds is 2. The van der Waals surface area contributed by atoms with E-state index in [0.29, 0.717) is 5.78 Å². The Labute approximate surface area is 107 Å². The number of ketones is 1. The van der Waals surface area contributed by atoms with Crippen molar-refractivity contribution in [2.24, 2.45) is 5.92 Å². The van der Waals surface area contributed by atoms with Crippen LogP contribution >= 0.6 is 0 Å². The minimum Gasteiger partial charge on any atom is -0.294 e. The number of benzene rings is 2. The van der Waals surface area contributed by atoms with Crippen LogP contribution in [0, 0.1) is 5.92 Å². The van der Waals surface area contributed by atoms with E-state index in [1.165, 1.54) is 11.1 Å². The Balaban J connectivity index is 2.16. The van der Waals surface area contributed by atoms with Crippen LogP contribution in [0.5, 0.6) is 0 Å². The number of carbonyl (C=O) groups excluding carboxylic acids is 1. The summed E-state index contributed by atoms with van der Waals surface area (Å²) in [6, 6.07) is 18.4. The van der Waals surface area contributed by atoms with Gasteiger partial charge in [0.2, 0.25) is 0 Å². The smallest absolute Gasteiger partial charge is 0.167 e. The SMILES string of the molecule is CCC1C(=O)c2ccccc2C1c1ccccc1. The molecule has 1 nitrogen and oxygen atoms in total. The van der Waals surface area contributed by atoms with Gasteiger partial charge >= 0.3 is 0 Å². The monoisotopic (exact) mass is 236 g/mol. The maximum absolute atomic E-state index is 12.4. The molecule has 3 rings (SSSR count). The predicted molar refractivity (Wildman–Crippen MR) is 72.8 cm³/mol. The van der Waals surface area contributed by atoms with Crippen LogP contribution in [0.2, 0.25) is 0 Å². The van der Waals surface area contributed by atoms with Gasteiger partial charge in [0.25, 0.3) is 0 Å². The molecule has 2 aromatic rings. The summed E-state index contributed by atoms with van der Waals surface area (Å²) < 4.78 is 0. The van der Waals surface area contributed by atoms with Crippen molar-refractivity contribution in [3.8, 4) is 0 Å². The van der Waals surface area contributed by atoms with Gasteiger partial charge in [0.15, 0.2) is 5.78 Å². The average Bonchev–Trinajstić information content (AvgIpc) is 2.73. The van der Waals surface area contributed by atoms with Crippen molar-refractivity contribution in [3.63, 3.8) is 0 Å². The third-order valence-electron chi connectivity index (χ3n) is 3.90. The predicted octanol–water partition coefficient (Wildman–Crippen LogP) is 4.04. The molecule has 0 saturated heterocycles. The zero-order valence-corrected chi connectivity index (χ0v) is 10.5. The highest BCUT2D eigenvalue weighted by atomic mass is 16.1. The first kappa shape index (κ1) is 11.2. The molecular formula is C17H16O. The number of fused-ring (bicyclic) bond motifs is 1. The summed E-state index contributed by atoms with van der Waals surface area (Å²) in [6.07, 6.45) is 0.896. The molecule has 0 aliphatic heterocycles. The second kappa shape index (κ2) is 4.41. The minimum atomic E-state index is 0.102. The molecule has 0 aromatic heterocycles. The molecule has 18 heavy (non-hydrogen) atoms. The topological polar surface area (TPSA) is 17.1 Å². The molecule has 0 N–H and O–H groups in total. The van der Waals surface area contributed by atoms with Gasteiger partial charge in [-0.25, -0.2) is 0 Å². The van der Waals surface area contributed by atoms with Gasteiger partial charge in [-0.05, 0) is 17.5 Å². The Morgan fingerprint density at radius 3 is 2.33 bits per heavy atom. The summed E-state index contributed by atoms with van der Waals surface area (Å²) >= 11 is 0. The fourth-order valence-corrected chi connectivity index (χ4v) is 3.05. The number of hydrogen-bond acceptors (Lipinski definition) is 1. The fourth-order valence-electron chi connectivity index (χ4n) is 3.05. The van der Waals surface area contributed by atoms with Crippen molar-refractivity contribution in [1.29, 1.82) is 0 Å². The van der Waals surface area contributed by atoms with Gasteiger partial charge in [0.05, 0.1) is 0 Å². The highest BCUT2D eigenvalue weighted by Crippen LogP contribution is 2.43. The highest BCUT2D eigenvalue weighted by Gasteiger charge is 2.38. The third-order valence-corrected chi connectivity index (χ3v) is 3.90. The molecule has 0 spiro atoms. The van der Waals surface area contributed by atoms with E-state index >= 15 is 0 Å². The van der Waals surface area contributed by atoms with E-state index in [0.717, 1.165) is 12.0 Å². The molecule has 0 amide bonds. The molecule has 0 saturated carbocycles.